The summed E-state index contributed by atoms with van der Waals surface area (Å²) in [6.45, 7) is 12.5. The van der Waals surface area contributed by atoms with E-state index in [1.54, 1.807) is 6.07 Å². The number of hydrogen-bond donors (Lipinski definition) is 2. The van der Waals surface area contributed by atoms with Crippen molar-refractivity contribution in [3.05, 3.63) is 29.6 Å². The molecule has 0 saturated carbocycles. The molecule has 148 valence electrons. The van der Waals surface area contributed by atoms with Gasteiger partial charge >= 0.3 is 0 Å². The average Bonchev–Trinajstić information content (AvgIpc) is 2.60. The van der Waals surface area contributed by atoms with Crippen molar-refractivity contribution in [3.63, 3.8) is 0 Å². The van der Waals surface area contributed by atoms with Crippen LogP contribution in [0.4, 0.5) is 10.1 Å². The van der Waals surface area contributed by atoms with Gasteiger partial charge in [-0.05, 0) is 37.5 Å². The summed E-state index contributed by atoms with van der Waals surface area (Å²) in [6, 6.07) is 5.71. The molecule has 0 spiro atoms. The van der Waals surface area contributed by atoms with Gasteiger partial charge in [-0.3, -0.25) is 0 Å². The molecule has 1 unspecified atom stereocenters. The second-order valence-electron chi connectivity index (χ2n) is 6.76. The van der Waals surface area contributed by atoms with Crippen LogP contribution in [-0.2, 0) is 11.3 Å². The second kappa shape index (κ2) is 11.6. The zero-order chi connectivity index (χ0) is 18.2. The number of anilines is 1. The summed E-state index contributed by atoms with van der Waals surface area (Å²) < 4.78 is 19.8. The summed E-state index contributed by atoms with van der Waals surface area (Å²) >= 11 is 0. The fourth-order valence-corrected chi connectivity index (χ4v) is 2.58. The number of morpholine rings is 1. The van der Waals surface area contributed by atoms with Crippen molar-refractivity contribution in [2.24, 2.45) is 10.9 Å². The van der Waals surface area contributed by atoms with Gasteiger partial charge in [0.15, 0.2) is 5.96 Å². The lowest BCUT2D eigenvalue weighted by Gasteiger charge is -2.29. The molecular formula is C19H32FIN4O. The Morgan fingerprint density at radius 3 is 2.54 bits per heavy atom. The number of nitrogens with one attached hydrogen (secondary N) is 2. The Morgan fingerprint density at radius 1 is 1.27 bits per heavy atom. The number of hydrogen-bond acceptors (Lipinski definition) is 3. The number of benzene rings is 1. The molecule has 0 amide bonds. The maximum atomic E-state index is 14.5. The molecule has 1 saturated heterocycles. The predicted octanol–water partition coefficient (Wildman–Crippen LogP) is 3.38. The smallest absolute Gasteiger partial charge is 0.191 e. The van der Waals surface area contributed by atoms with E-state index in [9.17, 15) is 4.39 Å². The summed E-state index contributed by atoms with van der Waals surface area (Å²) in [5, 5.41) is 6.63. The van der Waals surface area contributed by atoms with Crippen molar-refractivity contribution in [1.29, 1.82) is 0 Å². The number of aliphatic imine (C=N–C) groups is 1. The molecule has 1 aromatic carbocycles. The molecule has 1 atom stereocenters. The first-order chi connectivity index (χ1) is 12.0. The Morgan fingerprint density at radius 2 is 1.96 bits per heavy atom. The molecule has 0 aliphatic carbocycles. The molecule has 26 heavy (non-hydrogen) atoms. The van der Waals surface area contributed by atoms with E-state index >= 15 is 0 Å². The first kappa shape index (κ1) is 23.0. The highest BCUT2D eigenvalue weighted by molar-refractivity contribution is 14.0. The van der Waals surface area contributed by atoms with Gasteiger partial charge in [-0.2, -0.15) is 0 Å². The molecule has 2 N–H and O–H groups in total. The minimum atomic E-state index is -0.192. The Bertz CT molecular complexity index is 577. The van der Waals surface area contributed by atoms with E-state index in [0.717, 1.165) is 31.2 Å². The van der Waals surface area contributed by atoms with Gasteiger partial charge in [-0.25, -0.2) is 9.38 Å². The van der Waals surface area contributed by atoms with E-state index in [1.807, 2.05) is 24.0 Å². The first-order valence-corrected chi connectivity index (χ1v) is 9.17. The standard InChI is InChI=1S/C19H31FN4O.HI/c1-5-21-19(23-15(4)14(2)3)22-13-16-6-7-18(17(20)12-16)24-8-10-25-11-9-24;/h6-7,12,14-15H,5,8-11,13H2,1-4H3,(H2,21,22,23);1H. The summed E-state index contributed by atoms with van der Waals surface area (Å²) in [5.41, 5.74) is 1.51. The molecule has 0 aromatic heterocycles. The van der Waals surface area contributed by atoms with Gasteiger partial charge in [-0.1, -0.05) is 19.9 Å². The van der Waals surface area contributed by atoms with Crippen LogP contribution in [0.25, 0.3) is 0 Å². The summed E-state index contributed by atoms with van der Waals surface area (Å²) in [4.78, 5) is 6.61. The Hall–Kier alpha value is -1.09. The fourth-order valence-electron chi connectivity index (χ4n) is 2.58. The van der Waals surface area contributed by atoms with Crippen molar-refractivity contribution < 1.29 is 9.13 Å². The quantitative estimate of drug-likeness (QED) is 0.374. The van der Waals surface area contributed by atoms with Crippen molar-refractivity contribution in [3.8, 4) is 0 Å². The molecule has 2 rings (SSSR count). The van der Waals surface area contributed by atoms with Crippen molar-refractivity contribution in [2.75, 3.05) is 37.7 Å². The van der Waals surface area contributed by atoms with Crippen LogP contribution in [0.1, 0.15) is 33.3 Å². The molecule has 1 aromatic rings. The van der Waals surface area contributed by atoms with E-state index in [0.29, 0.717) is 37.4 Å². The van der Waals surface area contributed by atoms with Crippen molar-refractivity contribution in [1.82, 2.24) is 10.6 Å². The maximum Gasteiger partial charge on any atom is 0.191 e. The topological polar surface area (TPSA) is 48.9 Å². The third-order valence-electron chi connectivity index (χ3n) is 4.49. The number of rotatable bonds is 6. The van der Waals surface area contributed by atoms with Crippen molar-refractivity contribution in [2.45, 2.75) is 40.3 Å². The highest BCUT2D eigenvalue weighted by atomic mass is 127. The monoisotopic (exact) mass is 478 g/mol. The Kier molecular flexibility index (Phi) is 10.2. The molecule has 1 fully saturated rings. The van der Waals surface area contributed by atoms with Crippen molar-refractivity contribution >= 4 is 35.6 Å². The molecule has 1 aliphatic rings. The third-order valence-corrected chi connectivity index (χ3v) is 4.49. The molecule has 1 heterocycles. The van der Waals surface area contributed by atoms with E-state index < -0.39 is 0 Å². The molecule has 0 radical (unpaired) electrons. The zero-order valence-electron chi connectivity index (χ0n) is 16.2. The minimum absolute atomic E-state index is 0. The third kappa shape index (κ3) is 6.90. The van der Waals surface area contributed by atoms with Gasteiger partial charge in [0.25, 0.3) is 0 Å². The van der Waals surface area contributed by atoms with Gasteiger partial charge in [0, 0.05) is 25.7 Å². The van der Waals surface area contributed by atoms with E-state index in [2.05, 4.69) is 36.4 Å². The summed E-state index contributed by atoms with van der Waals surface area (Å²) in [6.07, 6.45) is 0. The molecular weight excluding hydrogens is 446 g/mol. The predicted molar refractivity (Wildman–Crippen MR) is 117 cm³/mol. The van der Waals surface area contributed by atoms with Crippen LogP contribution in [0.2, 0.25) is 0 Å². The lowest BCUT2D eigenvalue weighted by molar-refractivity contribution is 0.122. The van der Waals surface area contributed by atoms with E-state index in [-0.39, 0.29) is 29.8 Å². The molecule has 5 nitrogen and oxygen atoms in total. The summed E-state index contributed by atoms with van der Waals surface area (Å²) in [7, 11) is 0. The molecule has 1 aliphatic heterocycles. The Balaban J connectivity index is 0.00000338. The van der Waals surface area contributed by atoms with Gasteiger partial charge in [-0.15, -0.1) is 24.0 Å². The average molecular weight is 478 g/mol. The van der Waals surface area contributed by atoms with Gasteiger partial charge in [0.1, 0.15) is 5.82 Å². The van der Waals surface area contributed by atoms with Crippen LogP contribution in [0, 0.1) is 11.7 Å². The van der Waals surface area contributed by atoms with Gasteiger partial charge < -0.3 is 20.3 Å². The van der Waals surface area contributed by atoms with Crippen LogP contribution in [0.3, 0.4) is 0 Å². The lowest BCUT2D eigenvalue weighted by atomic mass is 10.1. The number of guanidine groups is 1. The van der Waals surface area contributed by atoms with Gasteiger partial charge in [0.05, 0.1) is 25.4 Å². The second-order valence-corrected chi connectivity index (χ2v) is 6.76. The zero-order valence-corrected chi connectivity index (χ0v) is 18.5. The van der Waals surface area contributed by atoms with Crippen LogP contribution in [0.15, 0.2) is 23.2 Å². The van der Waals surface area contributed by atoms with Gasteiger partial charge in [0.2, 0.25) is 0 Å². The maximum absolute atomic E-state index is 14.5. The normalized spacial score (nSPS) is 16.2. The molecule has 0 bridgehead atoms. The highest BCUT2D eigenvalue weighted by Crippen LogP contribution is 2.22. The largest absolute Gasteiger partial charge is 0.378 e. The number of halogens is 2. The van der Waals surface area contributed by atoms with Crippen LogP contribution in [-0.4, -0.2) is 44.8 Å². The number of nitrogens with zero attached hydrogens (tertiary/aromatic N) is 2. The fraction of sp³-hybridized carbons (Fsp3) is 0.632. The Labute approximate surface area is 173 Å². The number of ether oxygens (including phenoxy) is 1. The van der Waals surface area contributed by atoms with Crippen LogP contribution >= 0.6 is 24.0 Å². The van der Waals surface area contributed by atoms with E-state index in [4.69, 9.17) is 4.74 Å². The summed E-state index contributed by atoms with van der Waals surface area (Å²) in [5.74, 6) is 1.08. The lowest BCUT2D eigenvalue weighted by Crippen LogP contribution is -2.44. The van der Waals surface area contributed by atoms with E-state index in [1.165, 1.54) is 0 Å². The van der Waals surface area contributed by atoms with Crippen LogP contribution < -0.4 is 15.5 Å². The molecule has 7 heteroatoms. The minimum Gasteiger partial charge on any atom is -0.378 e. The van der Waals surface area contributed by atoms with Crippen LogP contribution in [0.5, 0.6) is 0 Å². The SMILES string of the molecule is CCNC(=NCc1ccc(N2CCOCC2)c(F)c1)NC(C)C(C)C.I. The highest BCUT2D eigenvalue weighted by Gasteiger charge is 2.15. The first-order valence-electron chi connectivity index (χ1n) is 9.17.